The molecular formula is C10H9BrN2OS2. The van der Waals surface area contributed by atoms with Crippen molar-refractivity contribution in [1.29, 1.82) is 0 Å². The van der Waals surface area contributed by atoms with Crippen LogP contribution in [0, 0.1) is 4.77 Å². The molecule has 1 N–H and O–H groups in total. The van der Waals surface area contributed by atoms with Crippen molar-refractivity contribution in [3.05, 3.63) is 48.2 Å². The lowest BCUT2D eigenvalue weighted by molar-refractivity contribution is 0.667. The summed E-state index contributed by atoms with van der Waals surface area (Å²) >= 11 is 10.2. The van der Waals surface area contributed by atoms with E-state index in [9.17, 15) is 4.79 Å². The molecule has 0 aliphatic rings. The van der Waals surface area contributed by atoms with Crippen LogP contribution in [0.15, 0.2) is 33.0 Å². The lowest BCUT2D eigenvalue weighted by Gasteiger charge is -2.04. The third kappa shape index (κ3) is 2.90. The molecule has 0 aliphatic heterocycles. The van der Waals surface area contributed by atoms with Crippen LogP contribution >= 0.6 is 39.5 Å². The van der Waals surface area contributed by atoms with E-state index in [1.54, 1.807) is 17.5 Å². The summed E-state index contributed by atoms with van der Waals surface area (Å²) in [6.07, 6.45) is 2.64. The fourth-order valence-corrected chi connectivity index (χ4v) is 3.06. The Kier molecular flexibility index (Phi) is 3.73. The van der Waals surface area contributed by atoms with Gasteiger partial charge >= 0.3 is 0 Å². The molecule has 16 heavy (non-hydrogen) atoms. The first-order valence-electron chi connectivity index (χ1n) is 4.69. The molecule has 3 nitrogen and oxygen atoms in total. The van der Waals surface area contributed by atoms with Crippen LogP contribution in [-0.2, 0) is 13.0 Å². The van der Waals surface area contributed by atoms with Gasteiger partial charge in [0.05, 0.1) is 3.79 Å². The summed E-state index contributed by atoms with van der Waals surface area (Å²) in [6, 6.07) is 5.61. The van der Waals surface area contributed by atoms with E-state index < -0.39 is 0 Å². The molecule has 2 aromatic heterocycles. The second kappa shape index (κ2) is 5.07. The van der Waals surface area contributed by atoms with Crippen LogP contribution in [0.1, 0.15) is 4.88 Å². The van der Waals surface area contributed by atoms with Crippen molar-refractivity contribution in [2.45, 2.75) is 13.0 Å². The van der Waals surface area contributed by atoms with E-state index in [0.29, 0.717) is 4.77 Å². The van der Waals surface area contributed by atoms with Crippen LogP contribution < -0.4 is 5.56 Å². The first kappa shape index (κ1) is 11.8. The first-order chi connectivity index (χ1) is 7.65. The van der Waals surface area contributed by atoms with E-state index in [1.165, 1.54) is 10.9 Å². The third-order valence-corrected chi connectivity index (χ3v) is 4.14. The molecule has 0 aliphatic carbocycles. The maximum absolute atomic E-state index is 11.0. The van der Waals surface area contributed by atoms with E-state index in [4.69, 9.17) is 12.2 Å². The molecule has 0 radical (unpaired) electrons. The molecule has 2 rings (SSSR count). The Morgan fingerprint density at radius 3 is 2.88 bits per heavy atom. The van der Waals surface area contributed by atoms with Gasteiger partial charge in [-0.3, -0.25) is 9.78 Å². The maximum atomic E-state index is 11.0. The van der Waals surface area contributed by atoms with Crippen molar-refractivity contribution in [3.63, 3.8) is 0 Å². The molecule has 0 aromatic carbocycles. The SMILES string of the molecule is O=c1ccn(CCc2ccc(Br)s2)c(=S)[nH]1. The van der Waals surface area contributed by atoms with Crippen LogP contribution in [0.3, 0.4) is 0 Å². The summed E-state index contributed by atoms with van der Waals surface area (Å²) in [5.74, 6) is 0. The van der Waals surface area contributed by atoms with E-state index in [-0.39, 0.29) is 5.56 Å². The Labute approximate surface area is 110 Å². The predicted molar refractivity (Wildman–Crippen MR) is 71.6 cm³/mol. The topological polar surface area (TPSA) is 37.8 Å². The van der Waals surface area contributed by atoms with E-state index >= 15 is 0 Å². The Bertz CT molecular complexity index is 599. The fourth-order valence-electron chi connectivity index (χ4n) is 1.34. The van der Waals surface area contributed by atoms with Gasteiger partial charge in [0.1, 0.15) is 0 Å². The molecule has 0 unspecified atom stereocenters. The largest absolute Gasteiger partial charge is 0.325 e. The number of rotatable bonds is 3. The molecule has 0 bridgehead atoms. The number of nitrogens with one attached hydrogen (secondary N) is 1. The molecule has 84 valence electrons. The van der Waals surface area contributed by atoms with Gasteiger partial charge in [-0.15, -0.1) is 11.3 Å². The van der Waals surface area contributed by atoms with Crippen LogP contribution in [0.2, 0.25) is 0 Å². The summed E-state index contributed by atoms with van der Waals surface area (Å²) in [6.45, 7) is 0.780. The van der Waals surface area contributed by atoms with Gasteiger partial charge in [-0.1, -0.05) is 0 Å². The fraction of sp³-hybridized carbons (Fsp3) is 0.200. The van der Waals surface area contributed by atoms with Crippen LogP contribution in [0.5, 0.6) is 0 Å². The molecule has 0 amide bonds. The zero-order chi connectivity index (χ0) is 11.5. The molecule has 2 heterocycles. The second-order valence-electron chi connectivity index (χ2n) is 3.26. The van der Waals surface area contributed by atoms with Gasteiger partial charge in [0.2, 0.25) is 0 Å². The minimum atomic E-state index is -0.153. The van der Waals surface area contributed by atoms with Gasteiger partial charge < -0.3 is 4.57 Å². The van der Waals surface area contributed by atoms with Gasteiger partial charge in [0.15, 0.2) is 4.77 Å². The molecule has 0 spiro atoms. The number of aromatic nitrogens is 2. The van der Waals surface area contributed by atoms with Crippen LogP contribution in [-0.4, -0.2) is 9.55 Å². The number of halogens is 1. The highest BCUT2D eigenvalue weighted by molar-refractivity contribution is 9.11. The summed E-state index contributed by atoms with van der Waals surface area (Å²) < 4.78 is 3.47. The highest BCUT2D eigenvalue weighted by Crippen LogP contribution is 2.22. The molecule has 0 saturated heterocycles. The molecule has 0 atom stereocenters. The Balaban J connectivity index is 2.10. The zero-order valence-electron chi connectivity index (χ0n) is 8.27. The standard InChI is InChI=1S/C10H9BrN2OS2/c11-8-2-1-7(16-8)3-5-13-6-4-9(14)12-10(13)15/h1-2,4,6H,3,5H2,(H,12,14,15). The van der Waals surface area contributed by atoms with Crippen molar-refractivity contribution in [2.75, 3.05) is 0 Å². The minimum absolute atomic E-state index is 0.153. The molecule has 0 fully saturated rings. The van der Waals surface area contributed by atoms with Gasteiger partial charge in [0.25, 0.3) is 5.56 Å². The highest BCUT2D eigenvalue weighted by atomic mass is 79.9. The lowest BCUT2D eigenvalue weighted by Crippen LogP contribution is -2.11. The van der Waals surface area contributed by atoms with Crippen LogP contribution in [0.25, 0.3) is 0 Å². The number of nitrogens with zero attached hydrogens (tertiary/aromatic N) is 1. The minimum Gasteiger partial charge on any atom is -0.325 e. The Hall–Kier alpha value is -0.720. The number of thiophene rings is 1. The van der Waals surface area contributed by atoms with Crippen LogP contribution in [0.4, 0.5) is 0 Å². The highest BCUT2D eigenvalue weighted by Gasteiger charge is 1.99. The van der Waals surface area contributed by atoms with Crippen molar-refractivity contribution in [2.24, 2.45) is 0 Å². The smallest absolute Gasteiger partial charge is 0.251 e. The summed E-state index contributed by atoms with van der Waals surface area (Å²) in [5.41, 5.74) is -0.153. The zero-order valence-corrected chi connectivity index (χ0v) is 11.5. The van der Waals surface area contributed by atoms with Gasteiger partial charge in [-0.25, -0.2) is 0 Å². The number of aryl methyl sites for hydroxylation is 2. The molecular weight excluding hydrogens is 308 g/mol. The van der Waals surface area contributed by atoms with Crippen molar-refractivity contribution in [3.8, 4) is 0 Å². The summed E-state index contributed by atoms with van der Waals surface area (Å²) in [4.78, 5) is 14.9. The summed E-state index contributed by atoms with van der Waals surface area (Å²) in [7, 11) is 0. The van der Waals surface area contributed by atoms with E-state index in [1.807, 2.05) is 10.6 Å². The Morgan fingerprint density at radius 1 is 1.44 bits per heavy atom. The number of hydrogen-bond donors (Lipinski definition) is 1. The quantitative estimate of drug-likeness (QED) is 0.884. The monoisotopic (exact) mass is 316 g/mol. The van der Waals surface area contributed by atoms with Crippen molar-refractivity contribution >= 4 is 39.5 Å². The van der Waals surface area contributed by atoms with Gasteiger partial charge in [-0.2, -0.15) is 0 Å². The average molecular weight is 317 g/mol. The molecule has 0 saturated carbocycles. The lowest BCUT2D eigenvalue weighted by atomic mass is 10.3. The number of H-pyrrole nitrogens is 1. The average Bonchev–Trinajstić information content (AvgIpc) is 2.63. The summed E-state index contributed by atoms with van der Waals surface area (Å²) in [5, 5.41) is 0. The third-order valence-electron chi connectivity index (χ3n) is 2.12. The first-order valence-corrected chi connectivity index (χ1v) is 6.71. The molecule has 2 aromatic rings. The van der Waals surface area contributed by atoms with Gasteiger partial charge in [0, 0.05) is 23.7 Å². The predicted octanol–water partition coefficient (Wildman–Crippen LogP) is 2.97. The Morgan fingerprint density at radius 2 is 2.25 bits per heavy atom. The normalized spacial score (nSPS) is 10.6. The second-order valence-corrected chi connectivity index (χ2v) is 6.19. The number of aromatic amines is 1. The van der Waals surface area contributed by atoms with E-state index in [0.717, 1.165) is 16.8 Å². The number of hydrogen-bond acceptors (Lipinski definition) is 3. The van der Waals surface area contributed by atoms with Gasteiger partial charge in [-0.05, 0) is 46.7 Å². The van der Waals surface area contributed by atoms with E-state index in [2.05, 4.69) is 27.0 Å². The van der Waals surface area contributed by atoms with Crippen molar-refractivity contribution in [1.82, 2.24) is 9.55 Å². The van der Waals surface area contributed by atoms with Crippen molar-refractivity contribution < 1.29 is 0 Å². The maximum Gasteiger partial charge on any atom is 0.251 e. The molecule has 6 heteroatoms.